The van der Waals surface area contributed by atoms with Crippen molar-refractivity contribution in [2.75, 3.05) is 0 Å². The van der Waals surface area contributed by atoms with E-state index in [0.717, 1.165) is 106 Å². The third-order valence-corrected chi connectivity index (χ3v) is 20.2. The maximum atomic E-state index is 9.00. The number of fused-ring (bicyclic) bond motifs is 4. The van der Waals surface area contributed by atoms with Gasteiger partial charge in [-0.2, -0.15) is 0 Å². The van der Waals surface area contributed by atoms with Gasteiger partial charge in [0.25, 0.3) is 5.97 Å². The first-order chi connectivity index (χ1) is 52.8. The zero-order valence-electron chi connectivity index (χ0n) is 59.9. The Morgan fingerprint density at radius 2 is 0.793 bits per heavy atom. The van der Waals surface area contributed by atoms with Crippen LogP contribution in [0.5, 0.6) is 0 Å². The van der Waals surface area contributed by atoms with Gasteiger partial charge in [0.05, 0.1) is 67.3 Å². The molecule has 0 aliphatic heterocycles. The molecule has 22 heteroatoms. The summed E-state index contributed by atoms with van der Waals surface area (Å²) in [6.45, 7) is 3.27. The van der Waals surface area contributed by atoms with Crippen molar-refractivity contribution in [3.63, 3.8) is 0 Å². The van der Waals surface area contributed by atoms with Crippen LogP contribution in [-0.2, 0) is 41.4 Å². The number of nitrogens with zero attached hydrogens (tertiary/aromatic N) is 8. The van der Waals surface area contributed by atoms with Crippen molar-refractivity contribution in [3.8, 4) is 0 Å². The number of hydrogen-bond donors (Lipinski definition) is 5. The molecule has 554 valence electrons. The summed E-state index contributed by atoms with van der Waals surface area (Å²) in [4.78, 5) is 34.6. The van der Waals surface area contributed by atoms with Gasteiger partial charge in [0, 0.05) is 120 Å². The number of carboxylic acids is 1. The van der Waals surface area contributed by atoms with E-state index in [2.05, 4.69) is 253 Å². The number of rotatable bonds is 15. The van der Waals surface area contributed by atoms with Gasteiger partial charge in [-0.3, -0.25) is 4.79 Å². The Morgan fingerprint density at radius 3 is 1.14 bits per heavy atom. The first-order valence-corrected chi connectivity index (χ1v) is 37.1. The molecule has 18 rings (SSSR count). The van der Waals surface area contributed by atoms with Crippen LogP contribution in [0.25, 0.3) is 43.6 Å². The van der Waals surface area contributed by atoms with Gasteiger partial charge in [0.2, 0.25) is 0 Å². The summed E-state index contributed by atoms with van der Waals surface area (Å²) in [7, 11) is 0. The normalized spacial score (nSPS) is 10.8. The second kappa shape index (κ2) is 39.7. The van der Waals surface area contributed by atoms with Crippen molar-refractivity contribution in [3.05, 3.63) is 429 Å². The van der Waals surface area contributed by atoms with E-state index >= 15 is 0 Å². The number of aromatic nitrogens is 12. The van der Waals surface area contributed by atoms with Crippen LogP contribution in [0.4, 0.5) is 0 Å². The molecule has 0 bridgehead atoms. The van der Waals surface area contributed by atoms with Crippen LogP contribution < -0.4 is 51.4 Å². The fraction of sp³-hybridized carbons (Fsp3) is 0.0899. The van der Waals surface area contributed by atoms with Crippen molar-refractivity contribution >= 4 is 120 Å². The molecule has 0 amide bonds. The number of hydrogen-bond acceptors (Lipinski definition) is 6. The molecule has 18 aromatic rings. The van der Waals surface area contributed by atoms with Gasteiger partial charge in [-0.05, 0) is 118 Å². The molecule has 0 aliphatic carbocycles. The first-order valence-electron chi connectivity index (χ1n) is 34.6. The summed E-state index contributed by atoms with van der Waals surface area (Å²) in [6.07, 6.45) is 21.5. The van der Waals surface area contributed by atoms with Crippen molar-refractivity contribution in [1.82, 2.24) is 57.7 Å². The minimum absolute atomic E-state index is 0. The summed E-state index contributed by atoms with van der Waals surface area (Å²) in [5.41, 5.74) is 14.4. The van der Waals surface area contributed by atoms with Crippen molar-refractivity contribution in [2.45, 2.75) is 50.9 Å². The number of carboxylic acid groups (broad SMARTS) is 1. The Morgan fingerprint density at radius 1 is 0.441 bits per heavy atom. The largest absolute Gasteiger partial charge is 1.00 e. The molecule has 10 aromatic carbocycles. The molecule has 15 nitrogen and oxygen atoms in total. The molecule has 0 unspecified atom stereocenters. The zero-order chi connectivity index (χ0) is 74.8. The predicted molar refractivity (Wildman–Crippen MR) is 451 cm³/mol. The second-order valence-corrected chi connectivity index (χ2v) is 27.5. The van der Waals surface area contributed by atoms with Gasteiger partial charge >= 0.3 is 51.4 Å². The van der Waals surface area contributed by atoms with Crippen LogP contribution in [0.3, 0.4) is 0 Å². The second-order valence-electron chi connectivity index (χ2n) is 25.2. The van der Waals surface area contributed by atoms with Gasteiger partial charge in [-0.25, -0.2) is 15.0 Å². The SMILES string of the molecule is C.CC(=O)O.ClCc1cn(C(c2ccccc2)(c2ccccc2)c2ccccc2)cn1.Clc1cccc2[nH]ccc12.Clc1cccc2c1ccn2Cc1cn(C(c2ccccc2)(c2ccccc2)c2ccccc2)cn1.Clc1cccc2c1ccn2Cc1cnc[nH]1.S=c1[nH]cc(Cn2ccc3c(Cl)cccc32)[nH]1.[K+].[OH-]. The van der Waals surface area contributed by atoms with Gasteiger partial charge in [-0.1, -0.05) is 260 Å². The number of carbonyl (C=O) groups is 1. The van der Waals surface area contributed by atoms with Crippen LogP contribution in [-0.4, -0.2) is 74.3 Å². The summed E-state index contributed by atoms with van der Waals surface area (Å²) >= 11 is 35.6. The zero-order valence-corrected chi connectivity index (χ0v) is 67.6. The topological polar surface area (TPSA) is 194 Å². The monoisotopic (exact) mass is 1610 g/mol. The Kier molecular flexibility index (Phi) is 29.8. The van der Waals surface area contributed by atoms with Crippen molar-refractivity contribution in [1.29, 1.82) is 0 Å². The number of alkyl halides is 1. The Balaban J connectivity index is 0.000000152. The molecule has 6 N–H and O–H groups in total. The van der Waals surface area contributed by atoms with E-state index in [1.54, 1.807) is 6.33 Å². The molecule has 111 heavy (non-hydrogen) atoms. The number of aromatic amines is 4. The maximum absolute atomic E-state index is 9.00. The average molecular weight is 1610 g/mol. The van der Waals surface area contributed by atoms with E-state index in [0.29, 0.717) is 17.2 Å². The molecular weight excluding hydrogens is 1530 g/mol. The van der Waals surface area contributed by atoms with E-state index < -0.39 is 17.0 Å². The van der Waals surface area contributed by atoms with E-state index in [4.69, 9.17) is 85.1 Å². The summed E-state index contributed by atoms with van der Waals surface area (Å²) in [5, 5.41) is 14.9. The number of aliphatic carboxylic acids is 1. The van der Waals surface area contributed by atoms with Crippen LogP contribution in [0.15, 0.2) is 348 Å². The third-order valence-electron chi connectivity index (χ3n) is 18.4. The van der Waals surface area contributed by atoms with Crippen molar-refractivity contribution in [2.24, 2.45) is 0 Å². The molecule has 8 aromatic heterocycles. The Labute approximate surface area is 716 Å². The summed E-state index contributed by atoms with van der Waals surface area (Å²) in [6, 6.07) is 95.4. The van der Waals surface area contributed by atoms with E-state index in [9.17, 15) is 0 Å². The number of imidazole rings is 4. The smallest absolute Gasteiger partial charge is 0.870 e. The molecule has 0 atom stereocenters. The van der Waals surface area contributed by atoms with E-state index in [1.807, 2.05) is 141 Å². The van der Waals surface area contributed by atoms with E-state index in [1.165, 1.54) is 33.4 Å². The van der Waals surface area contributed by atoms with Crippen LogP contribution in [0.1, 0.15) is 70.5 Å². The predicted octanol–water partition coefficient (Wildman–Crippen LogP) is 20.0. The molecule has 0 aliphatic rings. The molecule has 8 heterocycles. The first kappa shape index (κ1) is 83.4. The fourth-order valence-electron chi connectivity index (χ4n) is 13.6. The van der Waals surface area contributed by atoms with Gasteiger partial charge < -0.3 is 53.4 Å². The summed E-state index contributed by atoms with van der Waals surface area (Å²) < 4.78 is 11.5. The minimum atomic E-state index is -0.833. The van der Waals surface area contributed by atoms with Crippen LogP contribution >= 0.6 is 70.2 Å². The molecule has 0 saturated carbocycles. The van der Waals surface area contributed by atoms with Crippen LogP contribution in [0, 0.1) is 4.77 Å². The number of nitrogens with one attached hydrogen (secondary N) is 4. The Hall–Kier alpha value is -10.1. The molecular formula is C89H78Cl5KN12O3S. The molecule has 0 saturated heterocycles. The summed E-state index contributed by atoms with van der Waals surface area (Å²) in [5.74, 6) is -0.443. The Bertz CT molecular complexity index is 5750. The molecule has 0 fully saturated rings. The van der Waals surface area contributed by atoms with Crippen LogP contribution in [0.2, 0.25) is 20.1 Å². The molecule has 0 radical (unpaired) electrons. The fourth-order valence-corrected chi connectivity index (χ4v) is 14.9. The maximum Gasteiger partial charge on any atom is 1.00 e. The van der Waals surface area contributed by atoms with Gasteiger partial charge in [0.15, 0.2) is 4.77 Å². The number of benzene rings is 10. The average Bonchev–Trinajstić information content (AvgIpc) is 1.72. The standard InChI is InChI=1S/C31H24ClN3.C23H19ClN2.C12H10ClN3S.C12H10ClN3.C8H6ClN.C2H4O2.CH4.K.H2O/c32-29-17-10-18-30-28(29)19-20-34(30)21-27-22-35(23-33-27)31(24-11-4-1-5-12-24,25-13-6-2-7-14-25)26-15-8-3-9-16-26;24-16-22-17-26(18-25-22)23(19-10-4-1-5-11-19,20-12-6-2-7-13-20)21-14-8-3-9-15-21;13-10-2-1-3-11-9(10)4-5-16(11)7-8-6-14-12(17)15-8;13-11-2-1-3-12-10(11)4-5-16(12)7-9-6-14-8-15-9;9-7-2-1-3-8-6(7)4-5-10-8;1-2(3)4;;;/h1-20,22-23H,21H2;1-15,17-18H,16H2;1-6H,7H2,(H2,14,15,17);1-6,8H,7H2,(H,14,15);1-5,10H;1H3,(H,3,4);1H4;;1H2/q;;;;;;;+1;/p-1. The quantitative estimate of drug-likeness (QED) is 0.0292. The molecule has 0 spiro atoms. The van der Waals surface area contributed by atoms with Gasteiger partial charge in [0.1, 0.15) is 11.1 Å². The number of H-pyrrole nitrogens is 4. The van der Waals surface area contributed by atoms with Crippen molar-refractivity contribution < 1.29 is 66.8 Å². The third kappa shape index (κ3) is 19.3. The van der Waals surface area contributed by atoms with E-state index in [-0.39, 0.29) is 64.3 Å². The van der Waals surface area contributed by atoms with Gasteiger partial charge in [-0.15, -0.1) is 11.6 Å². The number of halogens is 5. The minimum Gasteiger partial charge on any atom is -0.870 e.